The summed E-state index contributed by atoms with van der Waals surface area (Å²) >= 11 is 0. The van der Waals surface area contributed by atoms with Crippen LogP contribution in [0.4, 0.5) is 0 Å². The molecule has 0 spiro atoms. The minimum absolute atomic E-state index is 0.0724. The molecular formula is C26H23NO3. The van der Waals surface area contributed by atoms with Crippen LogP contribution in [0.15, 0.2) is 84.5 Å². The second-order valence-electron chi connectivity index (χ2n) is 7.23. The van der Waals surface area contributed by atoms with Gasteiger partial charge in [0.2, 0.25) is 0 Å². The van der Waals surface area contributed by atoms with Crippen LogP contribution in [-0.2, 0) is 4.79 Å². The third-order valence-corrected chi connectivity index (χ3v) is 4.72. The number of amides is 1. The Hall–Kier alpha value is -3.68. The Morgan fingerprint density at radius 3 is 2.47 bits per heavy atom. The number of hydrogen-bond donors (Lipinski definition) is 1. The first-order valence-corrected chi connectivity index (χ1v) is 9.59. The summed E-state index contributed by atoms with van der Waals surface area (Å²) < 4.78 is 0. The zero-order valence-corrected chi connectivity index (χ0v) is 17.0. The summed E-state index contributed by atoms with van der Waals surface area (Å²) in [6, 6.07) is 16.7. The summed E-state index contributed by atoms with van der Waals surface area (Å²) in [7, 11) is 3.40. The summed E-state index contributed by atoms with van der Waals surface area (Å²) in [5.41, 5.74) is 1.22. The maximum atomic E-state index is 12.2. The van der Waals surface area contributed by atoms with Crippen LogP contribution in [0.2, 0.25) is 0 Å². The largest absolute Gasteiger partial charge is 0.380 e. The van der Waals surface area contributed by atoms with E-state index in [-0.39, 0.29) is 18.1 Å². The highest BCUT2D eigenvalue weighted by Crippen LogP contribution is 2.29. The molecule has 1 aliphatic rings. The molecule has 30 heavy (non-hydrogen) atoms. The van der Waals surface area contributed by atoms with Gasteiger partial charge in [0, 0.05) is 37.2 Å². The monoisotopic (exact) mass is 397 g/mol. The first kappa shape index (κ1) is 21.0. The second-order valence-corrected chi connectivity index (χ2v) is 7.23. The van der Waals surface area contributed by atoms with E-state index in [1.54, 1.807) is 50.5 Å². The van der Waals surface area contributed by atoms with Gasteiger partial charge >= 0.3 is 0 Å². The fraction of sp³-hybridized carbons (Fsp3) is 0.154. The molecule has 150 valence electrons. The van der Waals surface area contributed by atoms with E-state index < -0.39 is 5.60 Å². The Morgan fingerprint density at radius 1 is 1.10 bits per heavy atom. The van der Waals surface area contributed by atoms with Crippen LogP contribution in [0, 0.1) is 11.8 Å². The van der Waals surface area contributed by atoms with E-state index in [1.165, 1.54) is 17.1 Å². The third kappa shape index (κ3) is 5.02. The number of carbonyl (C=O) groups excluding carboxylic acids is 2. The molecule has 4 nitrogen and oxygen atoms in total. The number of benzene rings is 2. The number of nitrogens with zero attached hydrogens (tertiary/aromatic N) is 1. The van der Waals surface area contributed by atoms with Gasteiger partial charge in [0.25, 0.3) is 5.91 Å². The molecule has 2 aromatic carbocycles. The van der Waals surface area contributed by atoms with E-state index in [0.29, 0.717) is 11.1 Å². The molecular weight excluding hydrogens is 374 g/mol. The maximum absolute atomic E-state index is 12.2. The van der Waals surface area contributed by atoms with Gasteiger partial charge < -0.3 is 10.0 Å². The van der Waals surface area contributed by atoms with Gasteiger partial charge in [-0.05, 0) is 42.0 Å². The van der Waals surface area contributed by atoms with Gasteiger partial charge in [0.05, 0.1) is 0 Å². The van der Waals surface area contributed by atoms with Gasteiger partial charge in [-0.2, -0.15) is 0 Å². The molecule has 1 aliphatic carbocycles. The first-order valence-electron chi connectivity index (χ1n) is 9.59. The SMILES string of the molecule is CN(C)C(=O)c1ccc(C#CCC2(O)C=CC(=O)/C2=C/C=C/c2ccccc2)cc1. The highest BCUT2D eigenvalue weighted by molar-refractivity contribution is 6.09. The molecule has 1 unspecified atom stereocenters. The normalized spacial score (nSPS) is 19.2. The fourth-order valence-corrected chi connectivity index (χ4v) is 3.04. The van der Waals surface area contributed by atoms with Crippen molar-refractivity contribution in [1.29, 1.82) is 0 Å². The van der Waals surface area contributed by atoms with Crippen LogP contribution in [0.1, 0.15) is 27.9 Å². The minimum atomic E-state index is -1.41. The molecule has 0 aliphatic heterocycles. The van der Waals surface area contributed by atoms with E-state index in [4.69, 9.17) is 0 Å². The molecule has 0 fully saturated rings. The molecule has 1 amide bonds. The lowest BCUT2D eigenvalue weighted by Gasteiger charge is -2.19. The van der Waals surface area contributed by atoms with E-state index in [2.05, 4.69) is 11.8 Å². The maximum Gasteiger partial charge on any atom is 0.253 e. The number of hydrogen-bond acceptors (Lipinski definition) is 3. The summed E-state index contributed by atoms with van der Waals surface area (Å²) in [5, 5.41) is 10.9. The first-order chi connectivity index (χ1) is 14.4. The van der Waals surface area contributed by atoms with Crippen LogP contribution in [-0.4, -0.2) is 41.4 Å². The Morgan fingerprint density at radius 2 is 1.80 bits per heavy atom. The summed E-state index contributed by atoms with van der Waals surface area (Å²) in [6.07, 6.45) is 8.24. The van der Waals surface area contributed by atoms with Crippen LogP contribution < -0.4 is 0 Å². The van der Waals surface area contributed by atoms with Gasteiger partial charge in [0.15, 0.2) is 5.78 Å². The molecule has 0 saturated carbocycles. The van der Waals surface area contributed by atoms with Gasteiger partial charge in [-0.3, -0.25) is 9.59 Å². The Bertz CT molecular complexity index is 1080. The highest BCUT2D eigenvalue weighted by Gasteiger charge is 2.36. The molecule has 0 saturated heterocycles. The average Bonchev–Trinajstić information content (AvgIpc) is 3.03. The van der Waals surface area contributed by atoms with Crippen LogP contribution in [0.25, 0.3) is 6.08 Å². The van der Waals surface area contributed by atoms with Gasteiger partial charge in [0.1, 0.15) is 5.60 Å². The number of allylic oxidation sites excluding steroid dienone is 3. The molecule has 3 rings (SSSR count). The van der Waals surface area contributed by atoms with Crippen molar-refractivity contribution in [3.63, 3.8) is 0 Å². The molecule has 1 N–H and O–H groups in total. The van der Waals surface area contributed by atoms with Gasteiger partial charge in [-0.1, -0.05) is 60.4 Å². The summed E-state index contributed by atoms with van der Waals surface area (Å²) in [4.78, 5) is 25.6. The van der Waals surface area contributed by atoms with Crippen molar-refractivity contribution in [2.75, 3.05) is 14.1 Å². The minimum Gasteiger partial charge on any atom is -0.380 e. The quantitative estimate of drug-likeness (QED) is 0.633. The third-order valence-electron chi connectivity index (χ3n) is 4.72. The number of ketones is 1. The second kappa shape index (κ2) is 9.21. The standard InChI is InChI=1S/C26H23NO3/c1-27(2)25(29)22-15-13-21(14-16-22)11-7-18-26(30)19-17-24(28)23(26)12-6-10-20-8-4-3-5-9-20/h3-6,8-10,12-17,19,30H,18H2,1-2H3/b10-6+,23-12-. The highest BCUT2D eigenvalue weighted by atomic mass is 16.3. The van der Waals surface area contributed by atoms with E-state index in [1.807, 2.05) is 36.4 Å². The average molecular weight is 397 g/mol. The Balaban J connectivity index is 1.71. The van der Waals surface area contributed by atoms with Gasteiger partial charge in [-0.25, -0.2) is 0 Å². The lowest BCUT2D eigenvalue weighted by Crippen LogP contribution is -2.27. The molecule has 0 radical (unpaired) electrons. The lowest BCUT2D eigenvalue weighted by atomic mass is 9.92. The number of aliphatic hydroxyl groups is 1. The van der Waals surface area contributed by atoms with Crippen molar-refractivity contribution in [2.45, 2.75) is 12.0 Å². The van der Waals surface area contributed by atoms with Gasteiger partial charge in [-0.15, -0.1) is 0 Å². The number of rotatable bonds is 4. The van der Waals surface area contributed by atoms with Crippen LogP contribution in [0.5, 0.6) is 0 Å². The van der Waals surface area contributed by atoms with E-state index >= 15 is 0 Å². The van der Waals surface area contributed by atoms with Crippen LogP contribution in [0.3, 0.4) is 0 Å². The Kier molecular flexibility index (Phi) is 6.46. The summed E-state index contributed by atoms with van der Waals surface area (Å²) in [5.74, 6) is 5.64. The number of carbonyl (C=O) groups is 2. The predicted octanol–water partition coefficient (Wildman–Crippen LogP) is 3.64. The Labute approximate surface area is 176 Å². The van der Waals surface area contributed by atoms with E-state index in [9.17, 15) is 14.7 Å². The topological polar surface area (TPSA) is 57.6 Å². The lowest BCUT2D eigenvalue weighted by molar-refractivity contribution is -0.112. The predicted molar refractivity (Wildman–Crippen MR) is 119 cm³/mol. The van der Waals surface area contributed by atoms with Crippen molar-refractivity contribution >= 4 is 17.8 Å². The van der Waals surface area contributed by atoms with Crippen molar-refractivity contribution in [3.05, 3.63) is 101 Å². The zero-order valence-electron chi connectivity index (χ0n) is 17.0. The zero-order chi connectivity index (χ0) is 21.6. The smallest absolute Gasteiger partial charge is 0.253 e. The van der Waals surface area contributed by atoms with Crippen molar-refractivity contribution in [2.24, 2.45) is 0 Å². The van der Waals surface area contributed by atoms with Crippen molar-refractivity contribution in [3.8, 4) is 11.8 Å². The molecule has 0 heterocycles. The van der Waals surface area contributed by atoms with Crippen LogP contribution >= 0.6 is 0 Å². The molecule has 0 bridgehead atoms. The molecule has 2 aromatic rings. The molecule has 4 heteroatoms. The molecule has 1 atom stereocenters. The van der Waals surface area contributed by atoms with Crippen molar-refractivity contribution in [1.82, 2.24) is 4.90 Å². The van der Waals surface area contributed by atoms with Crippen molar-refractivity contribution < 1.29 is 14.7 Å². The van der Waals surface area contributed by atoms with E-state index in [0.717, 1.165) is 11.1 Å². The summed E-state index contributed by atoms with van der Waals surface area (Å²) in [6.45, 7) is 0. The molecule has 0 aromatic heterocycles. The fourth-order valence-electron chi connectivity index (χ4n) is 3.04.